The number of anilines is 2. The molecule has 2 aromatic rings. The molecule has 1 saturated heterocycles. The molecule has 0 atom stereocenters. The van der Waals surface area contributed by atoms with Gasteiger partial charge >= 0.3 is 0 Å². The first-order valence-corrected chi connectivity index (χ1v) is 9.44. The van der Waals surface area contributed by atoms with Crippen molar-refractivity contribution in [1.29, 1.82) is 0 Å². The maximum atomic E-state index is 5.98. The Balaban J connectivity index is 1.54. The molecular weight excluding hydrogens is 352 g/mol. The SMILES string of the molecule is COCCN(CCc1ccc(Cl)cc1)C1CCN(c2n[nH]c(N)n2)CC1. The van der Waals surface area contributed by atoms with Crippen molar-refractivity contribution in [2.24, 2.45) is 0 Å². The maximum Gasteiger partial charge on any atom is 0.246 e. The number of ether oxygens (including phenoxy) is 1. The van der Waals surface area contributed by atoms with Gasteiger partial charge in [-0.25, -0.2) is 5.10 Å². The molecule has 3 N–H and O–H groups in total. The van der Waals surface area contributed by atoms with Gasteiger partial charge in [0.25, 0.3) is 0 Å². The van der Waals surface area contributed by atoms with Gasteiger partial charge in [-0.3, -0.25) is 4.90 Å². The summed E-state index contributed by atoms with van der Waals surface area (Å²) in [4.78, 5) is 8.96. The van der Waals surface area contributed by atoms with Crippen LogP contribution in [-0.2, 0) is 11.2 Å². The Hall–Kier alpha value is -1.83. The number of H-pyrrole nitrogens is 1. The Bertz CT molecular complexity index is 669. The van der Waals surface area contributed by atoms with Gasteiger partial charge in [0.15, 0.2) is 0 Å². The molecule has 1 fully saturated rings. The second-order valence-corrected chi connectivity index (χ2v) is 7.08. The van der Waals surface area contributed by atoms with Gasteiger partial charge in [-0.15, -0.1) is 5.10 Å². The van der Waals surface area contributed by atoms with Crippen molar-refractivity contribution in [3.8, 4) is 0 Å². The van der Waals surface area contributed by atoms with Gasteiger partial charge in [-0.2, -0.15) is 4.98 Å². The quantitative estimate of drug-likeness (QED) is 0.732. The van der Waals surface area contributed by atoms with Crippen molar-refractivity contribution < 1.29 is 4.74 Å². The van der Waals surface area contributed by atoms with Gasteiger partial charge in [-0.1, -0.05) is 23.7 Å². The van der Waals surface area contributed by atoms with Crippen LogP contribution in [0.25, 0.3) is 0 Å². The van der Waals surface area contributed by atoms with Crippen LogP contribution in [0.15, 0.2) is 24.3 Å². The standard InChI is InChI=1S/C18H27ClN6O/c1-26-13-12-24(9-6-14-2-4-15(19)5-3-14)16-7-10-25(11-8-16)18-21-17(20)22-23-18/h2-5,16H,6-13H2,1H3,(H3,20,21,22,23). The first kappa shape index (κ1) is 18.9. The number of nitrogens with zero attached hydrogens (tertiary/aromatic N) is 4. The second kappa shape index (κ2) is 9.21. The number of rotatable bonds is 8. The third-order valence-corrected chi connectivity index (χ3v) is 5.19. The molecule has 1 aliphatic heterocycles. The van der Waals surface area contributed by atoms with Crippen LogP contribution in [0.1, 0.15) is 18.4 Å². The molecule has 0 bridgehead atoms. The number of nitrogen functional groups attached to an aromatic ring is 1. The lowest BCUT2D eigenvalue weighted by atomic mass is 10.0. The van der Waals surface area contributed by atoms with Crippen LogP contribution < -0.4 is 10.6 Å². The molecule has 3 rings (SSSR count). The molecule has 1 aromatic heterocycles. The highest BCUT2D eigenvalue weighted by atomic mass is 35.5. The lowest BCUT2D eigenvalue weighted by Gasteiger charge is -2.38. The molecule has 0 saturated carbocycles. The molecule has 1 aliphatic rings. The third-order valence-electron chi connectivity index (χ3n) is 4.94. The molecule has 142 valence electrons. The van der Waals surface area contributed by atoms with Crippen LogP contribution in [0.5, 0.6) is 0 Å². The first-order chi connectivity index (χ1) is 12.7. The Morgan fingerprint density at radius 3 is 2.62 bits per heavy atom. The highest BCUT2D eigenvalue weighted by molar-refractivity contribution is 6.30. The topological polar surface area (TPSA) is 83.3 Å². The van der Waals surface area contributed by atoms with E-state index < -0.39 is 0 Å². The molecule has 0 radical (unpaired) electrons. The minimum absolute atomic E-state index is 0.367. The second-order valence-electron chi connectivity index (χ2n) is 6.64. The van der Waals surface area contributed by atoms with Crippen molar-refractivity contribution in [2.75, 3.05) is 50.5 Å². The monoisotopic (exact) mass is 378 g/mol. The predicted molar refractivity (Wildman–Crippen MR) is 105 cm³/mol. The van der Waals surface area contributed by atoms with E-state index in [9.17, 15) is 0 Å². The van der Waals surface area contributed by atoms with Crippen LogP contribution >= 0.6 is 11.6 Å². The lowest BCUT2D eigenvalue weighted by molar-refractivity contribution is 0.109. The highest BCUT2D eigenvalue weighted by Gasteiger charge is 2.26. The Kier molecular flexibility index (Phi) is 6.71. The molecule has 7 nitrogen and oxygen atoms in total. The van der Waals surface area contributed by atoms with Crippen molar-refractivity contribution >= 4 is 23.5 Å². The molecule has 8 heteroatoms. The van der Waals surface area contributed by atoms with E-state index in [-0.39, 0.29) is 0 Å². The summed E-state index contributed by atoms with van der Waals surface area (Å²) in [6, 6.07) is 8.67. The highest BCUT2D eigenvalue weighted by Crippen LogP contribution is 2.21. The van der Waals surface area contributed by atoms with Crippen LogP contribution in [0.3, 0.4) is 0 Å². The fraction of sp³-hybridized carbons (Fsp3) is 0.556. The molecule has 2 heterocycles. The van der Waals surface area contributed by atoms with Crippen LogP contribution in [0.4, 0.5) is 11.9 Å². The molecule has 0 aliphatic carbocycles. The summed E-state index contributed by atoms with van der Waals surface area (Å²) in [5.41, 5.74) is 6.94. The summed E-state index contributed by atoms with van der Waals surface area (Å²) < 4.78 is 5.32. The zero-order chi connectivity index (χ0) is 18.4. The van der Waals surface area contributed by atoms with Gasteiger partial charge < -0.3 is 15.4 Å². The number of hydrogen-bond donors (Lipinski definition) is 2. The van der Waals surface area contributed by atoms with Crippen LogP contribution in [0.2, 0.25) is 5.02 Å². The summed E-state index contributed by atoms with van der Waals surface area (Å²) in [7, 11) is 1.76. The van der Waals surface area contributed by atoms with Crippen molar-refractivity contribution in [2.45, 2.75) is 25.3 Å². The molecule has 0 amide bonds. The van der Waals surface area contributed by atoms with E-state index in [4.69, 9.17) is 22.1 Å². The van der Waals surface area contributed by atoms with E-state index in [1.165, 1.54) is 5.56 Å². The normalized spacial score (nSPS) is 15.7. The number of hydrogen-bond acceptors (Lipinski definition) is 6. The van der Waals surface area contributed by atoms with Crippen molar-refractivity contribution in [1.82, 2.24) is 20.1 Å². The number of aromatic nitrogens is 3. The number of nitrogens with one attached hydrogen (secondary N) is 1. The molecule has 0 spiro atoms. The summed E-state index contributed by atoms with van der Waals surface area (Å²) in [5.74, 6) is 1.07. The summed E-state index contributed by atoms with van der Waals surface area (Å²) in [6.45, 7) is 4.59. The minimum atomic E-state index is 0.367. The van der Waals surface area contributed by atoms with E-state index >= 15 is 0 Å². The van der Waals surface area contributed by atoms with E-state index in [1.54, 1.807) is 7.11 Å². The van der Waals surface area contributed by atoms with Crippen LogP contribution in [0, 0.1) is 0 Å². The summed E-state index contributed by atoms with van der Waals surface area (Å²) in [5, 5.41) is 7.65. The molecule has 1 aromatic carbocycles. The predicted octanol–water partition coefficient (Wildman–Crippen LogP) is 2.20. The zero-order valence-electron chi connectivity index (χ0n) is 15.2. The van der Waals surface area contributed by atoms with E-state index in [2.05, 4.69) is 37.1 Å². The molecular formula is C18H27ClN6O. The van der Waals surface area contributed by atoms with E-state index in [0.29, 0.717) is 17.9 Å². The van der Waals surface area contributed by atoms with Crippen molar-refractivity contribution in [3.05, 3.63) is 34.9 Å². The lowest BCUT2D eigenvalue weighted by Crippen LogP contribution is -2.47. The van der Waals surface area contributed by atoms with Gasteiger partial charge in [-0.05, 0) is 37.0 Å². The van der Waals surface area contributed by atoms with Gasteiger partial charge in [0, 0.05) is 44.4 Å². The zero-order valence-corrected chi connectivity index (χ0v) is 16.0. The summed E-state index contributed by atoms with van der Waals surface area (Å²) >= 11 is 5.98. The Labute approximate surface area is 159 Å². The minimum Gasteiger partial charge on any atom is -0.383 e. The fourth-order valence-electron chi connectivity index (χ4n) is 3.45. The number of halogens is 1. The van der Waals surface area contributed by atoms with Gasteiger partial charge in [0.1, 0.15) is 0 Å². The fourth-order valence-corrected chi connectivity index (χ4v) is 3.57. The number of nitrogens with two attached hydrogens (primary N) is 1. The smallest absolute Gasteiger partial charge is 0.246 e. The number of benzene rings is 1. The van der Waals surface area contributed by atoms with Gasteiger partial charge in [0.2, 0.25) is 11.9 Å². The largest absolute Gasteiger partial charge is 0.383 e. The summed E-state index contributed by atoms with van der Waals surface area (Å²) in [6.07, 6.45) is 3.18. The average Bonchev–Trinajstić information content (AvgIpc) is 3.10. The number of methoxy groups -OCH3 is 1. The molecule has 26 heavy (non-hydrogen) atoms. The number of aromatic amines is 1. The average molecular weight is 379 g/mol. The first-order valence-electron chi connectivity index (χ1n) is 9.06. The van der Waals surface area contributed by atoms with Crippen molar-refractivity contribution in [3.63, 3.8) is 0 Å². The van der Waals surface area contributed by atoms with E-state index in [0.717, 1.165) is 57.1 Å². The van der Waals surface area contributed by atoms with Crippen LogP contribution in [-0.4, -0.2) is 66.0 Å². The Morgan fingerprint density at radius 2 is 2.00 bits per heavy atom. The Morgan fingerprint density at radius 1 is 1.27 bits per heavy atom. The van der Waals surface area contributed by atoms with Gasteiger partial charge in [0.05, 0.1) is 6.61 Å². The molecule has 0 unspecified atom stereocenters. The maximum absolute atomic E-state index is 5.98. The van der Waals surface area contributed by atoms with E-state index in [1.807, 2.05) is 12.1 Å². The number of piperidine rings is 1. The third kappa shape index (κ3) is 5.09.